The summed E-state index contributed by atoms with van der Waals surface area (Å²) in [5.41, 5.74) is -0.460. The third-order valence-electron chi connectivity index (χ3n) is 5.71. The summed E-state index contributed by atoms with van der Waals surface area (Å²) in [7, 11) is -3.67. The molecule has 0 aliphatic carbocycles. The molecular weight excluding hydrogens is 368 g/mol. The van der Waals surface area contributed by atoms with Crippen LogP contribution < -0.4 is 0 Å². The van der Waals surface area contributed by atoms with Crippen LogP contribution in [-0.2, 0) is 14.8 Å². The van der Waals surface area contributed by atoms with E-state index in [1.807, 2.05) is 0 Å². The lowest BCUT2D eigenvalue weighted by Gasteiger charge is -2.31. The van der Waals surface area contributed by atoms with Gasteiger partial charge >= 0.3 is 5.97 Å². The summed E-state index contributed by atoms with van der Waals surface area (Å²) >= 11 is 0. The fraction of sp³-hybridized carbons (Fsp3) is 0.579. The highest BCUT2D eigenvalue weighted by atomic mass is 32.2. The van der Waals surface area contributed by atoms with E-state index in [2.05, 4.69) is 0 Å². The van der Waals surface area contributed by atoms with Crippen LogP contribution in [0, 0.1) is 6.92 Å². The number of carbonyl (C=O) groups is 2. The van der Waals surface area contributed by atoms with E-state index in [1.54, 1.807) is 26.0 Å². The standard InChI is InChI=1S/C19H26N2O5S/c1-14-7-8-15(17(22)21-12-6-9-19(21,2)18(23)24)13-16(14)27(25,26)20-10-4-3-5-11-20/h7-8,13H,3-6,9-12H2,1-2H3,(H,23,24). The molecule has 148 valence electrons. The van der Waals surface area contributed by atoms with Crippen molar-refractivity contribution in [3.05, 3.63) is 29.3 Å². The highest BCUT2D eigenvalue weighted by Gasteiger charge is 2.46. The molecule has 1 atom stereocenters. The van der Waals surface area contributed by atoms with Gasteiger partial charge in [-0.1, -0.05) is 12.5 Å². The molecule has 2 fully saturated rings. The van der Waals surface area contributed by atoms with Gasteiger partial charge in [0.25, 0.3) is 5.91 Å². The van der Waals surface area contributed by atoms with Gasteiger partial charge in [-0.2, -0.15) is 4.31 Å². The van der Waals surface area contributed by atoms with E-state index in [-0.39, 0.29) is 10.5 Å². The second-order valence-corrected chi connectivity index (χ2v) is 9.49. The van der Waals surface area contributed by atoms with Gasteiger partial charge in [0.05, 0.1) is 4.90 Å². The maximum absolute atomic E-state index is 13.0. The van der Waals surface area contributed by atoms with Crippen LogP contribution in [0.5, 0.6) is 0 Å². The third-order valence-corrected chi connectivity index (χ3v) is 7.76. The normalized spacial score (nSPS) is 24.1. The molecule has 0 spiro atoms. The van der Waals surface area contributed by atoms with Gasteiger partial charge < -0.3 is 10.0 Å². The molecule has 7 nitrogen and oxygen atoms in total. The van der Waals surface area contributed by atoms with Crippen molar-refractivity contribution in [2.24, 2.45) is 0 Å². The molecular formula is C19H26N2O5S. The number of piperidine rings is 1. The molecule has 0 radical (unpaired) electrons. The Bertz CT molecular complexity index is 861. The Kier molecular flexibility index (Phi) is 5.31. The molecule has 27 heavy (non-hydrogen) atoms. The fourth-order valence-corrected chi connectivity index (χ4v) is 5.69. The van der Waals surface area contributed by atoms with Crippen LogP contribution in [0.15, 0.2) is 23.1 Å². The zero-order valence-corrected chi connectivity index (χ0v) is 16.6. The number of hydrogen-bond acceptors (Lipinski definition) is 4. The monoisotopic (exact) mass is 394 g/mol. The fourth-order valence-electron chi connectivity index (χ4n) is 3.92. The number of sulfonamides is 1. The highest BCUT2D eigenvalue weighted by molar-refractivity contribution is 7.89. The Labute approximate surface area is 160 Å². The number of amides is 1. The smallest absolute Gasteiger partial charge is 0.329 e. The molecule has 2 aliphatic heterocycles. The van der Waals surface area contributed by atoms with Crippen LogP contribution in [0.3, 0.4) is 0 Å². The van der Waals surface area contributed by atoms with Crippen molar-refractivity contribution in [1.82, 2.24) is 9.21 Å². The predicted molar refractivity (Wildman–Crippen MR) is 100 cm³/mol. The van der Waals surface area contributed by atoms with Crippen molar-refractivity contribution in [2.75, 3.05) is 19.6 Å². The molecule has 1 aromatic carbocycles. The van der Waals surface area contributed by atoms with Crippen LogP contribution in [0.25, 0.3) is 0 Å². The number of likely N-dealkylation sites (tertiary alicyclic amines) is 1. The lowest BCUT2D eigenvalue weighted by Crippen LogP contribution is -2.50. The maximum atomic E-state index is 13.0. The molecule has 1 unspecified atom stereocenters. The number of hydrogen-bond donors (Lipinski definition) is 1. The van der Waals surface area contributed by atoms with E-state index in [0.29, 0.717) is 38.0 Å². The van der Waals surface area contributed by atoms with Gasteiger partial charge in [0.2, 0.25) is 10.0 Å². The first-order chi connectivity index (χ1) is 12.7. The van der Waals surface area contributed by atoms with Crippen molar-refractivity contribution >= 4 is 21.9 Å². The van der Waals surface area contributed by atoms with Gasteiger partial charge in [0, 0.05) is 25.2 Å². The van der Waals surface area contributed by atoms with E-state index < -0.39 is 27.4 Å². The summed E-state index contributed by atoms with van der Waals surface area (Å²) in [6.07, 6.45) is 3.69. The van der Waals surface area contributed by atoms with E-state index in [0.717, 1.165) is 19.3 Å². The van der Waals surface area contributed by atoms with Crippen LogP contribution in [0.4, 0.5) is 0 Å². The average Bonchev–Trinajstić information content (AvgIpc) is 3.05. The summed E-state index contributed by atoms with van der Waals surface area (Å²) in [5.74, 6) is -1.48. The van der Waals surface area contributed by atoms with E-state index in [1.165, 1.54) is 15.3 Å². The summed E-state index contributed by atoms with van der Waals surface area (Å²) in [5, 5.41) is 9.54. The second-order valence-electron chi connectivity index (χ2n) is 7.58. The molecule has 2 saturated heterocycles. The first-order valence-corrected chi connectivity index (χ1v) is 10.8. The Morgan fingerprint density at radius 2 is 1.74 bits per heavy atom. The second kappa shape index (κ2) is 7.24. The lowest BCUT2D eigenvalue weighted by atomic mass is 9.98. The van der Waals surface area contributed by atoms with Crippen molar-refractivity contribution in [1.29, 1.82) is 0 Å². The summed E-state index contributed by atoms with van der Waals surface area (Å²) in [6.45, 7) is 4.58. The van der Waals surface area contributed by atoms with Gasteiger partial charge in [-0.05, 0) is 57.2 Å². The number of carboxylic acid groups (broad SMARTS) is 1. The topological polar surface area (TPSA) is 95.0 Å². The summed E-state index contributed by atoms with van der Waals surface area (Å²) < 4.78 is 27.6. The SMILES string of the molecule is Cc1ccc(C(=O)N2CCCC2(C)C(=O)O)cc1S(=O)(=O)N1CCCCC1. The largest absolute Gasteiger partial charge is 0.480 e. The molecule has 2 heterocycles. The van der Waals surface area contributed by atoms with Crippen LogP contribution in [0.1, 0.15) is 54.9 Å². The Morgan fingerprint density at radius 1 is 1.07 bits per heavy atom. The van der Waals surface area contributed by atoms with Crippen molar-refractivity contribution in [3.8, 4) is 0 Å². The zero-order valence-electron chi connectivity index (χ0n) is 15.8. The van der Waals surface area contributed by atoms with Gasteiger partial charge in [0.15, 0.2) is 0 Å². The molecule has 0 saturated carbocycles. The van der Waals surface area contributed by atoms with E-state index in [9.17, 15) is 23.1 Å². The van der Waals surface area contributed by atoms with Gasteiger partial charge in [-0.15, -0.1) is 0 Å². The van der Waals surface area contributed by atoms with Crippen LogP contribution >= 0.6 is 0 Å². The number of rotatable bonds is 4. The Hall–Kier alpha value is -1.93. The predicted octanol–water partition coefficient (Wildman–Crippen LogP) is 2.25. The molecule has 1 N–H and O–H groups in total. The first kappa shape index (κ1) is 19.8. The molecule has 3 rings (SSSR count). The minimum absolute atomic E-state index is 0.131. The number of nitrogens with zero attached hydrogens (tertiary/aromatic N) is 2. The van der Waals surface area contributed by atoms with E-state index >= 15 is 0 Å². The minimum Gasteiger partial charge on any atom is -0.480 e. The number of carbonyl (C=O) groups excluding carboxylic acids is 1. The zero-order chi connectivity index (χ0) is 19.8. The van der Waals surface area contributed by atoms with Gasteiger partial charge in [0.1, 0.15) is 5.54 Å². The molecule has 0 aromatic heterocycles. The summed E-state index contributed by atoms with van der Waals surface area (Å²) in [4.78, 5) is 26.1. The minimum atomic E-state index is -3.67. The molecule has 2 aliphatic rings. The third kappa shape index (κ3) is 3.48. The van der Waals surface area contributed by atoms with Gasteiger partial charge in [-0.3, -0.25) is 4.79 Å². The molecule has 1 amide bonds. The quantitative estimate of drug-likeness (QED) is 0.845. The van der Waals surface area contributed by atoms with Gasteiger partial charge in [-0.25, -0.2) is 13.2 Å². The number of aliphatic carboxylic acids is 1. The van der Waals surface area contributed by atoms with Crippen LogP contribution in [-0.4, -0.2) is 59.8 Å². The van der Waals surface area contributed by atoms with Crippen molar-refractivity contribution < 1.29 is 23.1 Å². The average molecular weight is 394 g/mol. The van der Waals surface area contributed by atoms with Crippen LogP contribution in [0.2, 0.25) is 0 Å². The van der Waals surface area contributed by atoms with Crippen molar-refractivity contribution in [3.63, 3.8) is 0 Å². The summed E-state index contributed by atoms with van der Waals surface area (Å²) in [6, 6.07) is 4.61. The lowest BCUT2D eigenvalue weighted by molar-refractivity contribution is -0.147. The van der Waals surface area contributed by atoms with E-state index in [4.69, 9.17) is 0 Å². The Balaban J connectivity index is 1.96. The first-order valence-electron chi connectivity index (χ1n) is 9.34. The Morgan fingerprint density at radius 3 is 2.37 bits per heavy atom. The highest BCUT2D eigenvalue weighted by Crippen LogP contribution is 2.32. The molecule has 8 heteroatoms. The number of aryl methyl sites for hydroxylation is 1. The van der Waals surface area contributed by atoms with Crippen molar-refractivity contribution in [2.45, 2.75) is 56.4 Å². The number of carboxylic acids is 1. The molecule has 0 bridgehead atoms. The maximum Gasteiger partial charge on any atom is 0.329 e. The molecule has 1 aromatic rings. The number of benzene rings is 1.